The Morgan fingerprint density at radius 1 is 1.06 bits per heavy atom. The van der Waals surface area contributed by atoms with Crippen LogP contribution in [0.25, 0.3) is 21.9 Å². The Morgan fingerprint density at radius 3 is 2.61 bits per heavy atom. The zero-order chi connectivity index (χ0) is 23.2. The molecule has 172 valence electrons. The molecular weight excluding hydrogens is 439 g/mol. The Labute approximate surface area is 192 Å². The van der Waals surface area contributed by atoms with E-state index in [0.29, 0.717) is 17.5 Å². The Bertz CT molecular complexity index is 1430. The number of aromatic nitrogens is 3. The average molecular weight is 467 g/mol. The number of pyridine rings is 1. The van der Waals surface area contributed by atoms with Crippen molar-refractivity contribution in [3.05, 3.63) is 65.9 Å². The molecule has 1 atom stereocenters. The highest BCUT2D eigenvalue weighted by atomic mass is 32.2. The average Bonchev–Trinajstić information content (AvgIpc) is 3.20. The van der Waals surface area contributed by atoms with Gasteiger partial charge < -0.3 is 4.98 Å². The number of aromatic amines is 1. The molecule has 0 amide bonds. The van der Waals surface area contributed by atoms with Gasteiger partial charge in [0.15, 0.2) is 0 Å². The number of nitrogens with zero attached hydrogens (tertiary/aromatic N) is 2. The summed E-state index contributed by atoms with van der Waals surface area (Å²) in [5.74, 6) is 1.87. The summed E-state index contributed by atoms with van der Waals surface area (Å²) >= 11 is 0. The van der Waals surface area contributed by atoms with Gasteiger partial charge in [0.1, 0.15) is 11.6 Å². The van der Waals surface area contributed by atoms with Crippen molar-refractivity contribution in [1.82, 2.24) is 15.0 Å². The van der Waals surface area contributed by atoms with Crippen molar-refractivity contribution in [2.75, 3.05) is 11.0 Å². The molecule has 0 unspecified atom stereocenters. The molecule has 0 spiro atoms. The number of sulfonamides is 1. The maximum absolute atomic E-state index is 13.9. The highest BCUT2D eigenvalue weighted by Gasteiger charge is 2.29. The van der Waals surface area contributed by atoms with Crippen LogP contribution >= 0.6 is 0 Å². The summed E-state index contributed by atoms with van der Waals surface area (Å²) < 4.78 is 39.4. The molecular formula is C25H27FN4O2S. The molecule has 4 aromatic rings. The van der Waals surface area contributed by atoms with Crippen LogP contribution in [0.4, 0.5) is 10.1 Å². The summed E-state index contributed by atoms with van der Waals surface area (Å²) in [6.45, 7) is 2.20. The molecule has 6 nitrogen and oxygen atoms in total. The van der Waals surface area contributed by atoms with Crippen LogP contribution in [-0.2, 0) is 10.0 Å². The van der Waals surface area contributed by atoms with Crippen molar-refractivity contribution in [1.29, 1.82) is 0 Å². The fraction of sp³-hybridized carbons (Fsp3) is 0.360. The monoisotopic (exact) mass is 466 g/mol. The van der Waals surface area contributed by atoms with Gasteiger partial charge >= 0.3 is 0 Å². The highest BCUT2D eigenvalue weighted by molar-refractivity contribution is 7.92. The van der Waals surface area contributed by atoms with Gasteiger partial charge in [0.05, 0.1) is 28.5 Å². The first kappa shape index (κ1) is 21.8. The van der Waals surface area contributed by atoms with E-state index in [2.05, 4.69) is 21.6 Å². The second-order valence-electron chi connectivity index (χ2n) is 9.19. The Balaban J connectivity index is 1.31. The summed E-state index contributed by atoms with van der Waals surface area (Å²) in [7, 11) is -3.33. The Hall–Kier alpha value is -3.00. The molecule has 33 heavy (non-hydrogen) atoms. The zero-order valence-electron chi connectivity index (χ0n) is 18.7. The molecule has 1 fully saturated rings. The molecule has 2 heterocycles. The molecule has 8 heteroatoms. The van der Waals surface area contributed by atoms with Gasteiger partial charge in [0.25, 0.3) is 0 Å². The first-order valence-corrected chi connectivity index (χ1v) is 13.2. The lowest BCUT2D eigenvalue weighted by Crippen LogP contribution is -2.19. The summed E-state index contributed by atoms with van der Waals surface area (Å²) in [5, 5.41) is 0.921. The number of rotatable bonds is 5. The van der Waals surface area contributed by atoms with E-state index in [1.807, 2.05) is 18.3 Å². The van der Waals surface area contributed by atoms with Gasteiger partial charge in [-0.3, -0.25) is 9.71 Å². The highest BCUT2D eigenvalue weighted by Crippen LogP contribution is 2.43. The minimum Gasteiger partial charge on any atom is -0.342 e. The lowest BCUT2D eigenvalue weighted by molar-refractivity contribution is 0.286. The number of halogens is 1. The quantitative estimate of drug-likeness (QED) is 0.395. The molecule has 1 saturated carbocycles. The number of anilines is 1. The lowest BCUT2D eigenvalue weighted by atomic mass is 9.73. The van der Waals surface area contributed by atoms with E-state index in [4.69, 9.17) is 4.98 Å². The first-order valence-electron chi connectivity index (χ1n) is 11.3. The van der Waals surface area contributed by atoms with Crippen molar-refractivity contribution >= 4 is 37.6 Å². The van der Waals surface area contributed by atoms with Crippen molar-refractivity contribution < 1.29 is 12.8 Å². The van der Waals surface area contributed by atoms with Gasteiger partial charge in [0.2, 0.25) is 10.0 Å². The number of hydrogen-bond donors (Lipinski definition) is 2. The molecule has 0 radical (unpaired) electrons. The van der Waals surface area contributed by atoms with Crippen LogP contribution in [0.3, 0.4) is 0 Å². The van der Waals surface area contributed by atoms with Gasteiger partial charge in [-0.15, -0.1) is 0 Å². The summed E-state index contributed by atoms with van der Waals surface area (Å²) in [4.78, 5) is 12.6. The normalized spacial score (nSPS) is 20.2. The van der Waals surface area contributed by atoms with E-state index in [1.165, 1.54) is 11.6 Å². The standard InChI is InChI=1S/C25H27FN4O2S/c1-15(25-28-23-10-8-19(14-24(23)29-25)30-33(2,31)32)16-3-5-17(6-4-16)20-11-12-27-22-9-7-18(26)13-21(20)22/h7-17,30H,3-6H2,1-2H3,(H,28,29)/t15-,16-,17+/m0/s1. The maximum atomic E-state index is 13.9. The van der Waals surface area contributed by atoms with Crippen LogP contribution < -0.4 is 4.72 Å². The van der Waals surface area contributed by atoms with Crippen LogP contribution in [0.2, 0.25) is 0 Å². The molecule has 5 rings (SSSR count). The number of benzene rings is 2. The van der Waals surface area contributed by atoms with Crippen molar-refractivity contribution in [2.45, 2.75) is 44.4 Å². The van der Waals surface area contributed by atoms with Gasteiger partial charge in [-0.25, -0.2) is 17.8 Å². The minimum absolute atomic E-state index is 0.223. The van der Waals surface area contributed by atoms with Crippen LogP contribution in [0.1, 0.15) is 55.8 Å². The molecule has 0 saturated heterocycles. The van der Waals surface area contributed by atoms with Crippen LogP contribution in [0.5, 0.6) is 0 Å². The minimum atomic E-state index is -3.33. The van der Waals surface area contributed by atoms with E-state index in [0.717, 1.165) is 59.7 Å². The molecule has 2 aromatic carbocycles. The molecule has 1 aliphatic carbocycles. The van der Waals surface area contributed by atoms with Crippen LogP contribution in [-0.4, -0.2) is 29.6 Å². The zero-order valence-corrected chi connectivity index (χ0v) is 19.5. The third-order valence-corrected chi connectivity index (χ3v) is 7.50. The van der Waals surface area contributed by atoms with E-state index in [1.54, 1.807) is 24.3 Å². The predicted molar refractivity (Wildman–Crippen MR) is 129 cm³/mol. The maximum Gasteiger partial charge on any atom is 0.229 e. The number of hydrogen-bond acceptors (Lipinski definition) is 4. The van der Waals surface area contributed by atoms with E-state index < -0.39 is 10.0 Å². The number of imidazole rings is 1. The van der Waals surface area contributed by atoms with Crippen molar-refractivity contribution in [2.24, 2.45) is 5.92 Å². The van der Waals surface area contributed by atoms with E-state index in [-0.39, 0.29) is 11.7 Å². The molecule has 1 aliphatic rings. The summed E-state index contributed by atoms with van der Waals surface area (Å²) in [6, 6.07) is 12.2. The van der Waals surface area contributed by atoms with Crippen molar-refractivity contribution in [3.8, 4) is 0 Å². The Kier molecular flexibility index (Phi) is 5.56. The van der Waals surface area contributed by atoms with E-state index in [9.17, 15) is 12.8 Å². The number of H-pyrrole nitrogens is 1. The summed E-state index contributed by atoms with van der Waals surface area (Å²) in [6.07, 6.45) is 7.20. The molecule has 2 aromatic heterocycles. The smallest absolute Gasteiger partial charge is 0.229 e. The SMILES string of the molecule is C[C@H](c1nc2cc(NS(C)(=O)=O)ccc2[nH]1)[C@H]1CC[C@@H](c2ccnc3ccc(F)cc32)CC1. The Morgan fingerprint density at radius 2 is 1.85 bits per heavy atom. The first-order chi connectivity index (χ1) is 15.8. The second-order valence-corrected chi connectivity index (χ2v) is 10.9. The summed E-state index contributed by atoms with van der Waals surface area (Å²) in [5.41, 5.74) is 4.20. The number of fused-ring (bicyclic) bond motifs is 2. The third-order valence-electron chi connectivity index (χ3n) is 6.89. The second kappa shape index (κ2) is 8.41. The lowest BCUT2D eigenvalue weighted by Gasteiger charge is -2.32. The molecule has 0 bridgehead atoms. The molecule has 0 aliphatic heterocycles. The fourth-order valence-corrected chi connectivity index (χ4v) is 5.72. The van der Waals surface area contributed by atoms with Crippen molar-refractivity contribution in [3.63, 3.8) is 0 Å². The van der Waals surface area contributed by atoms with Gasteiger partial charge in [-0.2, -0.15) is 0 Å². The van der Waals surface area contributed by atoms with Crippen LogP contribution in [0.15, 0.2) is 48.7 Å². The van der Waals surface area contributed by atoms with Gasteiger partial charge in [-0.1, -0.05) is 6.92 Å². The largest absolute Gasteiger partial charge is 0.342 e. The predicted octanol–water partition coefficient (Wildman–Crippen LogP) is 5.70. The number of nitrogens with one attached hydrogen (secondary N) is 2. The fourth-order valence-electron chi connectivity index (χ4n) is 5.17. The topological polar surface area (TPSA) is 87.7 Å². The van der Waals surface area contributed by atoms with Crippen LogP contribution in [0, 0.1) is 11.7 Å². The van der Waals surface area contributed by atoms with E-state index >= 15 is 0 Å². The van der Waals surface area contributed by atoms with Gasteiger partial charge in [-0.05, 0) is 85.5 Å². The third kappa shape index (κ3) is 4.57. The molecule has 2 N–H and O–H groups in total. The van der Waals surface area contributed by atoms with Gasteiger partial charge in [0, 0.05) is 17.5 Å².